The standard InChI is InChI=1S/C15H18O3/c1-5-13(12-8-6-7-10(2)9-12)14(11(3)16)15(17)18-4/h5-9,13-14H,1H2,2-4H3. The van der Waals surface area contributed by atoms with Crippen LogP contribution in [0.3, 0.4) is 0 Å². The van der Waals surface area contributed by atoms with Crippen LogP contribution >= 0.6 is 0 Å². The van der Waals surface area contributed by atoms with Gasteiger partial charge in [0, 0.05) is 5.92 Å². The molecule has 0 spiro atoms. The molecule has 0 aliphatic rings. The van der Waals surface area contributed by atoms with Gasteiger partial charge in [-0.15, -0.1) is 6.58 Å². The first-order valence-corrected chi connectivity index (χ1v) is 5.78. The molecule has 18 heavy (non-hydrogen) atoms. The molecule has 3 heteroatoms. The second-order valence-corrected chi connectivity index (χ2v) is 4.29. The Morgan fingerprint density at radius 1 is 1.39 bits per heavy atom. The van der Waals surface area contributed by atoms with Crippen LogP contribution in [-0.2, 0) is 14.3 Å². The Balaban J connectivity index is 3.18. The van der Waals surface area contributed by atoms with Crippen LogP contribution in [-0.4, -0.2) is 18.9 Å². The highest BCUT2D eigenvalue weighted by Crippen LogP contribution is 2.28. The smallest absolute Gasteiger partial charge is 0.317 e. The van der Waals surface area contributed by atoms with Crippen molar-refractivity contribution in [2.24, 2.45) is 5.92 Å². The van der Waals surface area contributed by atoms with Gasteiger partial charge >= 0.3 is 5.97 Å². The Bertz CT molecular complexity index is 463. The number of ketones is 1. The van der Waals surface area contributed by atoms with Crippen molar-refractivity contribution in [1.29, 1.82) is 0 Å². The van der Waals surface area contributed by atoms with Crippen LogP contribution in [0.25, 0.3) is 0 Å². The van der Waals surface area contributed by atoms with Crippen molar-refractivity contribution >= 4 is 11.8 Å². The topological polar surface area (TPSA) is 43.4 Å². The zero-order valence-corrected chi connectivity index (χ0v) is 11.0. The number of rotatable bonds is 5. The number of carbonyl (C=O) groups is 2. The van der Waals surface area contributed by atoms with E-state index in [0.717, 1.165) is 11.1 Å². The fraction of sp³-hybridized carbons (Fsp3) is 0.333. The third-order valence-corrected chi connectivity index (χ3v) is 2.93. The van der Waals surface area contributed by atoms with E-state index in [1.165, 1.54) is 14.0 Å². The van der Waals surface area contributed by atoms with Crippen molar-refractivity contribution in [2.45, 2.75) is 19.8 Å². The van der Waals surface area contributed by atoms with Gasteiger partial charge < -0.3 is 4.74 Å². The van der Waals surface area contributed by atoms with Crippen LogP contribution < -0.4 is 0 Å². The van der Waals surface area contributed by atoms with Crippen LogP contribution in [0.5, 0.6) is 0 Å². The molecule has 3 nitrogen and oxygen atoms in total. The fourth-order valence-electron chi connectivity index (χ4n) is 2.03. The minimum Gasteiger partial charge on any atom is -0.468 e. The number of hydrogen-bond acceptors (Lipinski definition) is 3. The molecule has 0 aliphatic carbocycles. The summed E-state index contributed by atoms with van der Waals surface area (Å²) in [5.41, 5.74) is 1.97. The Kier molecular flexibility index (Phi) is 4.84. The van der Waals surface area contributed by atoms with Gasteiger partial charge in [0.2, 0.25) is 0 Å². The molecular formula is C15H18O3. The predicted octanol–water partition coefficient (Wildman–Crippen LogP) is 2.64. The highest BCUT2D eigenvalue weighted by molar-refractivity contribution is 5.99. The first-order chi connectivity index (χ1) is 8.51. The van der Waals surface area contributed by atoms with Crippen LogP contribution in [0, 0.1) is 12.8 Å². The highest BCUT2D eigenvalue weighted by atomic mass is 16.5. The van der Waals surface area contributed by atoms with E-state index < -0.39 is 11.9 Å². The summed E-state index contributed by atoms with van der Waals surface area (Å²) in [5, 5.41) is 0. The van der Waals surface area contributed by atoms with E-state index in [1.54, 1.807) is 6.08 Å². The monoisotopic (exact) mass is 246 g/mol. The largest absolute Gasteiger partial charge is 0.468 e. The SMILES string of the molecule is C=CC(c1cccc(C)c1)C(C(C)=O)C(=O)OC. The first kappa shape index (κ1) is 14.2. The maximum absolute atomic E-state index is 11.7. The zero-order chi connectivity index (χ0) is 13.7. The van der Waals surface area contributed by atoms with E-state index in [0.29, 0.717) is 0 Å². The van der Waals surface area contributed by atoms with Crippen molar-refractivity contribution in [3.8, 4) is 0 Å². The lowest BCUT2D eigenvalue weighted by atomic mass is 9.83. The molecule has 0 amide bonds. The maximum Gasteiger partial charge on any atom is 0.317 e. The summed E-state index contributed by atoms with van der Waals surface area (Å²) in [6.45, 7) is 7.09. The fourth-order valence-corrected chi connectivity index (χ4v) is 2.03. The number of esters is 1. The summed E-state index contributed by atoms with van der Waals surface area (Å²) < 4.78 is 4.70. The number of Topliss-reactive ketones (excluding diaryl/α,β-unsaturated/α-hetero) is 1. The highest BCUT2D eigenvalue weighted by Gasteiger charge is 2.32. The first-order valence-electron chi connectivity index (χ1n) is 5.78. The van der Waals surface area contributed by atoms with E-state index >= 15 is 0 Å². The summed E-state index contributed by atoms with van der Waals surface area (Å²) in [5.74, 6) is -1.91. The number of allylic oxidation sites excluding steroid dienone is 1. The number of benzene rings is 1. The second kappa shape index (κ2) is 6.15. The Morgan fingerprint density at radius 3 is 2.50 bits per heavy atom. The molecule has 0 radical (unpaired) electrons. The summed E-state index contributed by atoms with van der Waals surface area (Å²) in [6, 6.07) is 7.70. The molecule has 0 N–H and O–H groups in total. The lowest BCUT2D eigenvalue weighted by molar-refractivity contribution is -0.149. The van der Waals surface area contributed by atoms with Gasteiger partial charge in [-0.05, 0) is 19.4 Å². The van der Waals surface area contributed by atoms with Crippen molar-refractivity contribution < 1.29 is 14.3 Å². The molecule has 0 fully saturated rings. The Morgan fingerprint density at radius 2 is 2.06 bits per heavy atom. The molecule has 0 aromatic heterocycles. The van der Waals surface area contributed by atoms with Gasteiger partial charge in [-0.25, -0.2) is 0 Å². The van der Waals surface area contributed by atoms with E-state index in [4.69, 9.17) is 4.74 Å². The lowest BCUT2D eigenvalue weighted by Crippen LogP contribution is -2.29. The Labute approximate surface area is 107 Å². The van der Waals surface area contributed by atoms with Crippen molar-refractivity contribution in [1.82, 2.24) is 0 Å². The van der Waals surface area contributed by atoms with Crippen LogP contribution in [0.15, 0.2) is 36.9 Å². The molecule has 0 saturated carbocycles. The normalized spacial score (nSPS) is 13.5. The third-order valence-electron chi connectivity index (χ3n) is 2.93. The van der Waals surface area contributed by atoms with Crippen molar-refractivity contribution in [3.63, 3.8) is 0 Å². The van der Waals surface area contributed by atoms with Gasteiger partial charge in [0.25, 0.3) is 0 Å². The quantitative estimate of drug-likeness (QED) is 0.455. The molecule has 1 rings (SSSR count). The molecule has 1 aromatic carbocycles. The molecule has 0 bridgehead atoms. The molecule has 2 atom stereocenters. The number of ether oxygens (including phenoxy) is 1. The number of methoxy groups -OCH3 is 1. The zero-order valence-electron chi connectivity index (χ0n) is 11.0. The summed E-state index contributed by atoms with van der Waals surface area (Å²) in [4.78, 5) is 23.4. The molecule has 0 aliphatic heterocycles. The average Bonchev–Trinajstić information content (AvgIpc) is 2.34. The van der Waals surface area contributed by atoms with Gasteiger partial charge in [0.05, 0.1) is 7.11 Å². The van der Waals surface area contributed by atoms with Gasteiger partial charge in [-0.2, -0.15) is 0 Å². The van der Waals surface area contributed by atoms with E-state index in [2.05, 4.69) is 6.58 Å². The van der Waals surface area contributed by atoms with Gasteiger partial charge in [0.1, 0.15) is 11.7 Å². The minimum atomic E-state index is -0.825. The van der Waals surface area contributed by atoms with E-state index in [9.17, 15) is 9.59 Å². The van der Waals surface area contributed by atoms with Crippen LogP contribution in [0.4, 0.5) is 0 Å². The number of carbonyl (C=O) groups excluding carboxylic acids is 2. The second-order valence-electron chi connectivity index (χ2n) is 4.29. The molecule has 1 aromatic rings. The predicted molar refractivity (Wildman–Crippen MR) is 70.3 cm³/mol. The van der Waals surface area contributed by atoms with E-state index in [1.807, 2.05) is 31.2 Å². The van der Waals surface area contributed by atoms with Crippen LogP contribution in [0.2, 0.25) is 0 Å². The number of aryl methyl sites for hydroxylation is 1. The van der Waals surface area contributed by atoms with E-state index in [-0.39, 0.29) is 11.7 Å². The maximum atomic E-state index is 11.7. The van der Waals surface area contributed by atoms with Gasteiger partial charge in [-0.3, -0.25) is 9.59 Å². The van der Waals surface area contributed by atoms with Crippen molar-refractivity contribution in [2.75, 3.05) is 7.11 Å². The molecule has 96 valence electrons. The molecule has 0 heterocycles. The summed E-state index contributed by atoms with van der Waals surface area (Å²) in [6.07, 6.45) is 1.62. The molecular weight excluding hydrogens is 228 g/mol. The van der Waals surface area contributed by atoms with Crippen molar-refractivity contribution in [3.05, 3.63) is 48.0 Å². The van der Waals surface area contributed by atoms with Gasteiger partial charge in [-0.1, -0.05) is 35.9 Å². The summed E-state index contributed by atoms with van der Waals surface area (Å²) in [7, 11) is 1.29. The average molecular weight is 246 g/mol. The van der Waals surface area contributed by atoms with Gasteiger partial charge in [0.15, 0.2) is 0 Å². The molecule has 2 unspecified atom stereocenters. The number of hydrogen-bond donors (Lipinski definition) is 0. The lowest BCUT2D eigenvalue weighted by Gasteiger charge is -2.20. The Hall–Kier alpha value is -1.90. The molecule has 0 saturated heterocycles. The minimum absolute atomic E-state index is 0.215. The third kappa shape index (κ3) is 3.06. The summed E-state index contributed by atoms with van der Waals surface area (Å²) >= 11 is 0. The van der Waals surface area contributed by atoms with Crippen LogP contribution in [0.1, 0.15) is 24.0 Å².